The molecule has 10 nitrogen and oxygen atoms in total. The molecule has 4 N–H and O–H groups in total. The lowest BCUT2D eigenvalue weighted by Crippen LogP contribution is -2.58. The van der Waals surface area contributed by atoms with Gasteiger partial charge in [-0.1, -0.05) is 87.9 Å². The summed E-state index contributed by atoms with van der Waals surface area (Å²) in [5.74, 6) is -3.09. The average Bonchev–Trinajstić information content (AvgIpc) is 2.94. The Morgan fingerprint density at radius 3 is 1.84 bits per heavy atom. The first kappa shape index (κ1) is 35.0. The van der Waals surface area contributed by atoms with Crippen molar-refractivity contribution in [3.63, 3.8) is 0 Å². The molecule has 0 heterocycles. The fraction of sp³-hybridized carbons (Fsp3) is 0.485. The van der Waals surface area contributed by atoms with Gasteiger partial charge in [-0.3, -0.25) is 19.2 Å². The number of carbonyl (C=O) groups excluding carboxylic acids is 5. The Balaban J connectivity index is 2.22. The van der Waals surface area contributed by atoms with Crippen molar-refractivity contribution in [1.82, 2.24) is 21.3 Å². The predicted molar refractivity (Wildman–Crippen MR) is 165 cm³/mol. The molecule has 2 aromatic carbocycles. The van der Waals surface area contributed by atoms with E-state index in [-0.39, 0.29) is 18.8 Å². The number of nitrogens with one attached hydrogen (secondary N) is 4. The van der Waals surface area contributed by atoms with Gasteiger partial charge >= 0.3 is 6.09 Å². The fourth-order valence-corrected chi connectivity index (χ4v) is 4.37. The molecule has 2 aromatic rings. The van der Waals surface area contributed by atoms with E-state index in [0.29, 0.717) is 6.42 Å². The monoisotopic (exact) mass is 594 g/mol. The van der Waals surface area contributed by atoms with Gasteiger partial charge in [0, 0.05) is 6.42 Å². The smallest absolute Gasteiger partial charge is 0.408 e. The molecule has 0 unspecified atom stereocenters. The quantitative estimate of drug-likeness (QED) is 0.244. The molecule has 0 spiro atoms. The number of carbonyl (C=O) groups is 5. The highest BCUT2D eigenvalue weighted by atomic mass is 16.6. The minimum Gasteiger partial charge on any atom is -0.444 e. The number of rotatable bonds is 14. The van der Waals surface area contributed by atoms with E-state index >= 15 is 0 Å². The first-order valence-electron chi connectivity index (χ1n) is 14.8. The minimum absolute atomic E-state index is 0.125. The second kappa shape index (κ2) is 16.4. The van der Waals surface area contributed by atoms with Crippen LogP contribution in [-0.4, -0.2) is 53.3 Å². The number of Topliss-reactive ketones (excluding diaryl/α,β-unsaturated/α-hetero) is 1. The lowest BCUT2D eigenvalue weighted by Gasteiger charge is -2.28. The largest absolute Gasteiger partial charge is 0.444 e. The maximum Gasteiger partial charge on any atom is 0.408 e. The van der Waals surface area contributed by atoms with E-state index in [2.05, 4.69) is 21.3 Å². The van der Waals surface area contributed by atoms with Crippen LogP contribution < -0.4 is 21.3 Å². The van der Waals surface area contributed by atoms with E-state index in [4.69, 9.17) is 4.74 Å². The number of hydrogen-bond acceptors (Lipinski definition) is 6. The molecule has 0 fully saturated rings. The summed E-state index contributed by atoms with van der Waals surface area (Å²) in [6.45, 7) is 12.3. The molecular weight excluding hydrogens is 548 g/mol. The molecule has 0 aliphatic rings. The first-order chi connectivity index (χ1) is 20.2. The van der Waals surface area contributed by atoms with Crippen molar-refractivity contribution >= 4 is 29.6 Å². The van der Waals surface area contributed by atoms with Crippen molar-refractivity contribution in [3.8, 4) is 0 Å². The van der Waals surface area contributed by atoms with Crippen LogP contribution in [0.2, 0.25) is 0 Å². The number of ketones is 1. The van der Waals surface area contributed by atoms with Crippen molar-refractivity contribution in [3.05, 3.63) is 71.8 Å². The van der Waals surface area contributed by atoms with E-state index in [1.54, 1.807) is 41.5 Å². The van der Waals surface area contributed by atoms with Crippen molar-refractivity contribution < 1.29 is 28.7 Å². The summed E-state index contributed by atoms with van der Waals surface area (Å²) < 4.78 is 5.32. The number of ether oxygens (including phenoxy) is 1. The summed E-state index contributed by atoms with van der Waals surface area (Å²) in [5, 5.41) is 10.8. The van der Waals surface area contributed by atoms with E-state index in [1.165, 1.54) is 0 Å². The third-order valence-corrected chi connectivity index (χ3v) is 6.62. The maximum absolute atomic E-state index is 13.6. The third-order valence-electron chi connectivity index (χ3n) is 6.62. The minimum atomic E-state index is -1.09. The van der Waals surface area contributed by atoms with Gasteiger partial charge in [0.25, 0.3) is 5.91 Å². The Hall–Kier alpha value is -4.21. The molecule has 234 valence electrons. The zero-order valence-electron chi connectivity index (χ0n) is 26.2. The van der Waals surface area contributed by atoms with Gasteiger partial charge in [0.2, 0.25) is 17.6 Å². The highest BCUT2D eigenvalue weighted by Gasteiger charge is 2.33. The zero-order chi connectivity index (χ0) is 32.2. The van der Waals surface area contributed by atoms with E-state index in [9.17, 15) is 24.0 Å². The SMILES string of the molecule is CCC[C@H](NC(=O)[C@H](Cc1ccccc1)NC(=O)[C@@H](NC(=O)OC(C)(C)C)C(C)C)C(=O)C(=O)N[C@@H](C)c1ccccc1. The Bertz CT molecular complexity index is 1230. The summed E-state index contributed by atoms with van der Waals surface area (Å²) in [4.78, 5) is 65.6. The van der Waals surface area contributed by atoms with Crippen molar-refractivity contribution in [2.45, 2.75) is 97.5 Å². The van der Waals surface area contributed by atoms with Crippen LogP contribution in [-0.2, 0) is 30.3 Å². The molecular formula is C33H46N4O6. The fourth-order valence-electron chi connectivity index (χ4n) is 4.37. The van der Waals surface area contributed by atoms with Crippen molar-refractivity contribution in [2.24, 2.45) is 5.92 Å². The molecule has 2 rings (SSSR count). The lowest BCUT2D eigenvalue weighted by molar-refractivity contribution is -0.141. The zero-order valence-corrected chi connectivity index (χ0v) is 26.2. The van der Waals surface area contributed by atoms with Gasteiger partial charge in [-0.05, 0) is 51.2 Å². The molecule has 4 amide bonds. The summed E-state index contributed by atoms with van der Waals surface area (Å²) in [5.41, 5.74) is 0.853. The van der Waals surface area contributed by atoms with Crippen LogP contribution in [0, 0.1) is 5.92 Å². The summed E-state index contributed by atoms with van der Waals surface area (Å²) in [6.07, 6.45) is 0.136. The maximum atomic E-state index is 13.6. The Morgan fingerprint density at radius 1 is 0.744 bits per heavy atom. The molecule has 10 heteroatoms. The third kappa shape index (κ3) is 11.9. The Morgan fingerprint density at radius 2 is 1.30 bits per heavy atom. The molecule has 0 aliphatic heterocycles. The molecule has 43 heavy (non-hydrogen) atoms. The van der Waals surface area contributed by atoms with E-state index < -0.39 is 59.4 Å². The van der Waals surface area contributed by atoms with Gasteiger partial charge in [0.05, 0.1) is 12.1 Å². The standard InChI is InChI=1S/C33H46N4O6/c1-8-15-25(28(38)31(41)34-22(4)24-18-13-10-14-19-24)35-29(39)26(20-23-16-11-9-12-17-23)36-30(40)27(21(2)3)37-32(42)43-33(5,6)7/h9-14,16-19,21-22,25-27H,8,15,20H2,1-7H3,(H,34,41)(H,35,39)(H,36,40)(H,37,42)/t22-,25-,26-,27-/m0/s1. The van der Waals surface area contributed by atoms with Crippen LogP contribution >= 0.6 is 0 Å². The van der Waals surface area contributed by atoms with Crippen LogP contribution in [0.25, 0.3) is 0 Å². The summed E-state index contributed by atoms with van der Waals surface area (Å²) in [6, 6.07) is 14.8. The molecule has 0 saturated carbocycles. The van der Waals surface area contributed by atoms with Gasteiger partial charge < -0.3 is 26.0 Å². The van der Waals surface area contributed by atoms with Crippen LogP contribution in [0.1, 0.15) is 78.5 Å². The van der Waals surface area contributed by atoms with Crippen LogP contribution in [0.5, 0.6) is 0 Å². The topological polar surface area (TPSA) is 143 Å². The number of alkyl carbamates (subject to hydrolysis) is 1. The number of amides is 4. The van der Waals surface area contributed by atoms with E-state index in [0.717, 1.165) is 11.1 Å². The second-order valence-corrected chi connectivity index (χ2v) is 11.9. The van der Waals surface area contributed by atoms with Gasteiger partial charge in [-0.15, -0.1) is 0 Å². The lowest BCUT2D eigenvalue weighted by atomic mass is 10.00. The molecule has 0 radical (unpaired) electrons. The van der Waals surface area contributed by atoms with Gasteiger partial charge in [-0.2, -0.15) is 0 Å². The Kier molecular flexibility index (Phi) is 13.4. The molecule has 0 saturated heterocycles. The molecule has 4 atom stereocenters. The summed E-state index contributed by atoms with van der Waals surface area (Å²) in [7, 11) is 0. The van der Waals surface area contributed by atoms with Crippen LogP contribution in [0.4, 0.5) is 4.79 Å². The highest BCUT2D eigenvalue weighted by molar-refractivity contribution is 6.38. The van der Waals surface area contributed by atoms with Gasteiger partial charge in [-0.25, -0.2) is 4.79 Å². The Labute approximate surface area is 254 Å². The normalized spacial score (nSPS) is 14.0. The number of benzene rings is 2. The molecule has 0 bridgehead atoms. The second-order valence-electron chi connectivity index (χ2n) is 11.9. The highest BCUT2D eigenvalue weighted by Crippen LogP contribution is 2.13. The van der Waals surface area contributed by atoms with Crippen molar-refractivity contribution in [2.75, 3.05) is 0 Å². The predicted octanol–water partition coefficient (Wildman–Crippen LogP) is 3.99. The molecule has 0 aromatic heterocycles. The van der Waals surface area contributed by atoms with Crippen molar-refractivity contribution in [1.29, 1.82) is 0 Å². The van der Waals surface area contributed by atoms with Gasteiger partial charge in [0.15, 0.2) is 0 Å². The van der Waals surface area contributed by atoms with E-state index in [1.807, 2.05) is 67.6 Å². The van der Waals surface area contributed by atoms with Gasteiger partial charge in [0.1, 0.15) is 17.7 Å². The van der Waals surface area contributed by atoms with Crippen LogP contribution in [0.15, 0.2) is 60.7 Å². The average molecular weight is 595 g/mol. The number of hydrogen-bond donors (Lipinski definition) is 4. The first-order valence-corrected chi connectivity index (χ1v) is 14.8. The molecule has 0 aliphatic carbocycles. The summed E-state index contributed by atoms with van der Waals surface area (Å²) >= 11 is 0. The van der Waals surface area contributed by atoms with Crippen LogP contribution in [0.3, 0.4) is 0 Å².